The van der Waals surface area contributed by atoms with Crippen LogP contribution in [0.1, 0.15) is 62.5 Å². The van der Waals surface area contributed by atoms with Gasteiger partial charge in [-0.3, -0.25) is 0 Å². The Morgan fingerprint density at radius 3 is 2.00 bits per heavy atom. The molecule has 0 N–H and O–H groups in total. The van der Waals surface area contributed by atoms with Crippen LogP contribution in [0.3, 0.4) is 0 Å². The van der Waals surface area contributed by atoms with Crippen molar-refractivity contribution >= 4 is 0 Å². The lowest BCUT2D eigenvalue weighted by molar-refractivity contribution is -0.185. The van der Waals surface area contributed by atoms with Crippen LogP contribution in [0.2, 0.25) is 0 Å². The Bertz CT molecular complexity index is 1140. The SMILES string of the molecule is CCCC1CCC(c2ccc(C(F)(F)Oc3ccc(-c4cc(F)c(F)c(F)c4)c(F)c3)cc2)CC1. The van der Waals surface area contributed by atoms with E-state index in [1.807, 2.05) is 0 Å². The van der Waals surface area contributed by atoms with E-state index in [1.54, 1.807) is 12.1 Å². The molecule has 1 nitrogen and oxygen atoms in total. The second-order valence-corrected chi connectivity index (χ2v) is 9.14. The summed E-state index contributed by atoms with van der Waals surface area (Å²) in [5.41, 5.74) is 0.106. The molecule has 0 heterocycles. The van der Waals surface area contributed by atoms with Gasteiger partial charge in [0.25, 0.3) is 0 Å². The summed E-state index contributed by atoms with van der Waals surface area (Å²) in [6, 6.07) is 10.1. The van der Waals surface area contributed by atoms with E-state index in [2.05, 4.69) is 6.92 Å². The van der Waals surface area contributed by atoms with Crippen molar-refractivity contribution in [1.29, 1.82) is 0 Å². The van der Waals surface area contributed by atoms with Gasteiger partial charge in [0.2, 0.25) is 0 Å². The molecule has 0 aromatic heterocycles. The molecule has 0 saturated heterocycles. The predicted molar refractivity (Wildman–Crippen MR) is 122 cm³/mol. The summed E-state index contributed by atoms with van der Waals surface area (Å²) < 4.78 is 89.0. The molecular formula is C28H26F6O. The Hall–Kier alpha value is -2.96. The molecule has 0 bridgehead atoms. The second-order valence-electron chi connectivity index (χ2n) is 9.14. The maximum atomic E-state index is 14.8. The molecule has 35 heavy (non-hydrogen) atoms. The van der Waals surface area contributed by atoms with Gasteiger partial charge in [0.1, 0.15) is 11.6 Å². The average molecular weight is 493 g/mol. The van der Waals surface area contributed by atoms with E-state index in [1.165, 1.54) is 25.0 Å². The van der Waals surface area contributed by atoms with Gasteiger partial charge in [0, 0.05) is 11.6 Å². The molecule has 0 atom stereocenters. The highest BCUT2D eigenvalue weighted by Crippen LogP contribution is 2.39. The lowest BCUT2D eigenvalue weighted by Gasteiger charge is -2.29. The number of hydrogen-bond acceptors (Lipinski definition) is 1. The quantitative estimate of drug-likeness (QED) is 0.236. The first-order valence-electron chi connectivity index (χ1n) is 11.8. The average Bonchev–Trinajstić information content (AvgIpc) is 2.83. The molecule has 1 aliphatic rings. The van der Waals surface area contributed by atoms with Gasteiger partial charge in [0.15, 0.2) is 17.5 Å². The van der Waals surface area contributed by atoms with E-state index < -0.39 is 35.1 Å². The summed E-state index contributed by atoms with van der Waals surface area (Å²) in [5, 5.41) is 0. The molecule has 1 aliphatic carbocycles. The molecule has 7 heteroatoms. The van der Waals surface area contributed by atoms with Gasteiger partial charge in [-0.2, -0.15) is 8.78 Å². The Balaban J connectivity index is 1.46. The third-order valence-electron chi connectivity index (χ3n) is 6.74. The maximum absolute atomic E-state index is 14.8. The molecule has 186 valence electrons. The highest BCUT2D eigenvalue weighted by molar-refractivity contribution is 5.65. The highest BCUT2D eigenvalue weighted by atomic mass is 19.3. The van der Waals surface area contributed by atoms with Gasteiger partial charge >= 0.3 is 6.11 Å². The van der Waals surface area contributed by atoms with Crippen molar-refractivity contribution in [3.8, 4) is 16.9 Å². The van der Waals surface area contributed by atoms with Gasteiger partial charge in [-0.05, 0) is 85.0 Å². The van der Waals surface area contributed by atoms with Crippen LogP contribution >= 0.6 is 0 Å². The highest BCUT2D eigenvalue weighted by Gasteiger charge is 2.35. The Morgan fingerprint density at radius 2 is 1.43 bits per heavy atom. The lowest BCUT2D eigenvalue weighted by Crippen LogP contribution is -2.22. The zero-order valence-electron chi connectivity index (χ0n) is 19.3. The fourth-order valence-electron chi connectivity index (χ4n) is 4.85. The molecule has 0 unspecified atom stereocenters. The molecular weight excluding hydrogens is 466 g/mol. The van der Waals surface area contributed by atoms with Crippen molar-refractivity contribution in [3.63, 3.8) is 0 Å². The van der Waals surface area contributed by atoms with Gasteiger partial charge in [-0.15, -0.1) is 0 Å². The molecule has 3 aromatic carbocycles. The third kappa shape index (κ3) is 5.65. The first-order chi connectivity index (χ1) is 16.7. The predicted octanol–water partition coefficient (Wildman–Crippen LogP) is 9.11. The van der Waals surface area contributed by atoms with E-state index in [0.717, 1.165) is 49.3 Å². The van der Waals surface area contributed by atoms with Gasteiger partial charge in [-0.1, -0.05) is 31.9 Å². The summed E-state index contributed by atoms with van der Waals surface area (Å²) >= 11 is 0. The van der Waals surface area contributed by atoms with Crippen LogP contribution in [0.25, 0.3) is 11.1 Å². The second kappa shape index (κ2) is 10.3. The fraction of sp³-hybridized carbons (Fsp3) is 0.357. The third-order valence-corrected chi connectivity index (χ3v) is 6.74. The molecule has 0 spiro atoms. The molecule has 3 aromatic rings. The molecule has 1 saturated carbocycles. The smallest absolute Gasteiger partial charge is 0.426 e. The van der Waals surface area contributed by atoms with Crippen molar-refractivity contribution in [2.45, 2.75) is 57.5 Å². The van der Waals surface area contributed by atoms with Gasteiger partial charge in [-0.25, -0.2) is 17.6 Å². The summed E-state index contributed by atoms with van der Waals surface area (Å²) in [7, 11) is 0. The number of ether oxygens (including phenoxy) is 1. The number of halogens is 6. The fourth-order valence-corrected chi connectivity index (χ4v) is 4.85. The summed E-state index contributed by atoms with van der Waals surface area (Å²) in [6.45, 7) is 2.18. The van der Waals surface area contributed by atoms with Crippen molar-refractivity contribution < 1.29 is 31.1 Å². The summed E-state index contributed by atoms with van der Waals surface area (Å²) in [6.07, 6.45) is 3.08. The van der Waals surface area contributed by atoms with Crippen LogP contribution in [-0.4, -0.2) is 0 Å². The summed E-state index contributed by atoms with van der Waals surface area (Å²) in [5.74, 6) is -5.04. The molecule has 0 amide bonds. The number of benzene rings is 3. The van der Waals surface area contributed by atoms with Crippen LogP contribution in [0.5, 0.6) is 5.75 Å². The minimum Gasteiger partial charge on any atom is -0.429 e. The Morgan fingerprint density at radius 1 is 0.800 bits per heavy atom. The van der Waals surface area contributed by atoms with E-state index in [0.29, 0.717) is 24.1 Å². The standard InChI is InChI=1S/C28H26F6O/c1-2-3-17-4-6-18(7-5-17)19-8-10-21(11-9-19)28(33,34)35-22-12-13-23(24(29)16-22)20-14-25(30)27(32)26(31)15-20/h8-18H,2-7H2,1H3. The number of alkyl halides is 2. The zero-order valence-corrected chi connectivity index (χ0v) is 19.3. The first-order valence-corrected chi connectivity index (χ1v) is 11.8. The van der Waals surface area contributed by atoms with Gasteiger partial charge in [0.05, 0.1) is 5.56 Å². The van der Waals surface area contributed by atoms with Crippen LogP contribution in [0.4, 0.5) is 26.3 Å². The minimum atomic E-state index is -3.72. The zero-order chi connectivity index (χ0) is 25.2. The van der Waals surface area contributed by atoms with E-state index >= 15 is 0 Å². The normalized spacial score (nSPS) is 18.5. The number of rotatable bonds is 7. The maximum Gasteiger partial charge on any atom is 0.426 e. The first kappa shape index (κ1) is 25.1. The largest absolute Gasteiger partial charge is 0.429 e. The van der Waals surface area contributed by atoms with Crippen molar-refractivity contribution in [2.75, 3.05) is 0 Å². The summed E-state index contributed by atoms with van der Waals surface area (Å²) in [4.78, 5) is 0. The topological polar surface area (TPSA) is 9.23 Å². The molecule has 0 radical (unpaired) electrons. The minimum absolute atomic E-state index is 0.267. The Labute approximate surface area is 200 Å². The van der Waals surface area contributed by atoms with Gasteiger partial charge < -0.3 is 4.74 Å². The van der Waals surface area contributed by atoms with Crippen LogP contribution in [0.15, 0.2) is 54.6 Å². The Kier molecular flexibility index (Phi) is 7.43. The number of hydrogen-bond donors (Lipinski definition) is 0. The van der Waals surface area contributed by atoms with E-state index in [-0.39, 0.29) is 16.7 Å². The van der Waals surface area contributed by atoms with Crippen LogP contribution < -0.4 is 4.74 Å². The molecule has 1 fully saturated rings. The lowest BCUT2D eigenvalue weighted by atomic mass is 9.77. The monoisotopic (exact) mass is 492 g/mol. The van der Waals surface area contributed by atoms with Crippen LogP contribution in [-0.2, 0) is 6.11 Å². The van der Waals surface area contributed by atoms with E-state index in [4.69, 9.17) is 4.74 Å². The van der Waals surface area contributed by atoms with Crippen molar-refractivity contribution in [2.24, 2.45) is 5.92 Å². The van der Waals surface area contributed by atoms with Crippen molar-refractivity contribution in [3.05, 3.63) is 89.0 Å². The van der Waals surface area contributed by atoms with E-state index in [9.17, 15) is 26.3 Å². The van der Waals surface area contributed by atoms with Crippen LogP contribution in [0, 0.1) is 29.2 Å². The molecule has 4 rings (SSSR count). The van der Waals surface area contributed by atoms with Crippen molar-refractivity contribution in [1.82, 2.24) is 0 Å². The molecule has 0 aliphatic heterocycles.